The number of nitrogens with zero attached hydrogens (tertiary/aromatic N) is 2. The van der Waals surface area contributed by atoms with Crippen LogP contribution in [0, 0.1) is 0 Å². The summed E-state index contributed by atoms with van der Waals surface area (Å²) in [7, 11) is 0. The lowest BCUT2D eigenvalue weighted by Crippen LogP contribution is -2.08. The van der Waals surface area contributed by atoms with Gasteiger partial charge in [0.25, 0.3) is 0 Å². The van der Waals surface area contributed by atoms with E-state index < -0.39 is 0 Å². The number of aryl methyl sites for hydroxylation is 1. The monoisotopic (exact) mass is 269 g/mol. The molecule has 17 heavy (non-hydrogen) atoms. The molecule has 0 aliphatic heterocycles. The molecule has 90 valence electrons. The summed E-state index contributed by atoms with van der Waals surface area (Å²) in [6.07, 6.45) is 1.79. The summed E-state index contributed by atoms with van der Waals surface area (Å²) < 4.78 is 1.94. The summed E-state index contributed by atoms with van der Waals surface area (Å²) in [6.45, 7) is 3.59. The second kappa shape index (κ2) is 5.43. The smallest absolute Gasteiger partial charge is 0.0638 e. The quantitative estimate of drug-likeness (QED) is 0.915. The zero-order valence-electron chi connectivity index (χ0n) is 9.45. The van der Waals surface area contributed by atoms with Gasteiger partial charge in [0.05, 0.1) is 22.9 Å². The van der Waals surface area contributed by atoms with Crippen molar-refractivity contribution >= 4 is 28.9 Å². The van der Waals surface area contributed by atoms with Gasteiger partial charge in [-0.15, -0.1) is 0 Å². The molecular weight excluding hydrogens is 257 g/mol. The topological polar surface area (TPSA) is 29.9 Å². The van der Waals surface area contributed by atoms with Crippen LogP contribution < -0.4 is 5.32 Å². The Morgan fingerprint density at radius 2 is 2.12 bits per heavy atom. The summed E-state index contributed by atoms with van der Waals surface area (Å²) in [5.41, 5.74) is 1.95. The van der Waals surface area contributed by atoms with Crippen molar-refractivity contribution in [3.8, 4) is 0 Å². The van der Waals surface area contributed by atoms with E-state index in [1.807, 2.05) is 16.8 Å². The van der Waals surface area contributed by atoms with Crippen molar-refractivity contribution in [3.05, 3.63) is 46.2 Å². The fraction of sp³-hybridized carbons (Fsp3) is 0.250. The summed E-state index contributed by atoms with van der Waals surface area (Å²) in [5, 5.41) is 8.79. The van der Waals surface area contributed by atoms with Crippen molar-refractivity contribution in [3.63, 3.8) is 0 Å². The van der Waals surface area contributed by atoms with Crippen LogP contribution in [0.4, 0.5) is 5.69 Å². The Morgan fingerprint density at radius 3 is 2.88 bits per heavy atom. The lowest BCUT2D eigenvalue weighted by atomic mass is 10.3. The van der Waals surface area contributed by atoms with Crippen LogP contribution in [0.3, 0.4) is 0 Å². The minimum atomic E-state index is 0.664. The van der Waals surface area contributed by atoms with Crippen molar-refractivity contribution in [2.24, 2.45) is 0 Å². The fourth-order valence-electron chi connectivity index (χ4n) is 1.61. The van der Waals surface area contributed by atoms with E-state index in [9.17, 15) is 0 Å². The molecule has 0 saturated carbocycles. The predicted molar refractivity (Wildman–Crippen MR) is 71.7 cm³/mol. The number of rotatable bonds is 4. The minimum absolute atomic E-state index is 0.664. The summed E-state index contributed by atoms with van der Waals surface area (Å²) in [4.78, 5) is 0. The molecule has 3 nitrogen and oxygen atoms in total. The van der Waals surface area contributed by atoms with Gasteiger partial charge < -0.3 is 5.32 Å². The third kappa shape index (κ3) is 2.93. The molecule has 0 spiro atoms. The fourth-order valence-corrected chi connectivity index (χ4v) is 1.97. The molecule has 1 heterocycles. The van der Waals surface area contributed by atoms with Gasteiger partial charge in [-0.3, -0.25) is 4.68 Å². The number of nitrogens with one attached hydrogen (secondary N) is 1. The van der Waals surface area contributed by atoms with Gasteiger partial charge in [-0.25, -0.2) is 0 Å². The number of aromatic nitrogens is 2. The maximum absolute atomic E-state index is 6.07. The second-order valence-electron chi connectivity index (χ2n) is 3.62. The number of hydrogen-bond acceptors (Lipinski definition) is 2. The lowest BCUT2D eigenvalue weighted by Gasteiger charge is -2.09. The summed E-state index contributed by atoms with van der Waals surface area (Å²) in [5.74, 6) is 0. The van der Waals surface area contributed by atoms with Gasteiger partial charge in [0.1, 0.15) is 0 Å². The molecule has 2 aromatic rings. The molecule has 0 fully saturated rings. The van der Waals surface area contributed by atoms with Gasteiger partial charge in [-0.1, -0.05) is 23.2 Å². The lowest BCUT2D eigenvalue weighted by molar-refractivity contribution is 0.627. The maximum Gasteiger partial charge on any atom is 0.0638 e. The van der Waals surface area contributed by atoms with Crippen LogP contribution in [0.2, 0.25) is 10.0 Å². The van der Waals surface area contributed by atoms with E-state index in [4.69, 9.17) is 23.2 Å². The highest BCUT2D eigenvalue weighted by molar-refractivity contribution is 6.35. The Bertz CT molecular complexity index is 508. The Morgan fingerprint density at radius 1 is 1.29 bits per heavy atom. The molecule has 5 heteroatoms. The molecule has 0 aliphatic carbocycles. The zero-order chi connectivity index (χ0) is 12.3. The number of hydrogen-bond donors (Lipinski definition) is 1. The highest BCUT2D eigenvalue weighted by Gasteiger charge is 2.03. The van der Waals surface area contributed by atoms with E-state index >= 15 is 0 Å². The number of halogens is 2. The average Bonchev–Trinajstić information content (AvgIpc) is 2.77. The van der Waals surface area contributed by atoms with E-state index in [0.717, 1.165) is 17.9 Å². The van der Waals surface area contributed by atoms with Crippen molar-refractivity contribution < 1.29 is 0 Å². The van der Waals surface area contributed by atoms with Crippen LogP contribution in [0.15, 0.2) is 30.5 Å². The van der Waals surface area contributed by atoms with E-state index in [1.165, 1.54) is 0 Å². The van der Waals surface area contributed by atoms with Gasteiger partial charge in [0, 0.05) is 17.8 Å². The molecule has 0 saturated heterocycles. The van der Waals surface area contributed by atoms with Crippen LogP contribution in [-0.4, -0.2) is 9.78 Å². The molecular formula is C12H13Cl2N3. The van der Waals surface area contributed by atoms with Gasteiger partial charge in [-0.2, -0.15) is 5.10 Å². The summed E-state index contributed by atoms with van der Waals surface area (Å²) >= 11 is 12.0. The van der Waals surface area contributed by atoms with Crippen LogP contribution in [0.25, 0.3) is 0 Å². The molecule has 1 N–H and O–H groups in total. The van der Waals surface area contributed by atoms with Crippen molar-refractivity contribution in [2.45, 2.75) is 20.0 Å². The van der Waals surface area contributed by atoms with Crippen LogP contribution in [0.5, 0.6) is 0 Å². The molecule has 0 atom stereocenters. The van der Waals surface area contributed by atoms with Gasteiger partial charge >= 0.3 is 0 Å². The Kier molecular flexibility index (Phi) is 3.92. The first-order valence-electron chi connectivity index (χ1n) is 5.40. The highest BCUT2D eigenvalue weighted by Crippen LogP contribution is 2.25. The zero-order valence-corrected chi connectivity index (χ0v) is 11.0. The van der Waals surface area contributed by atoms with Crippen molar-refractivity contribution in [2.75, 3.05) is 5.32 Å². The standard InChI is InChI=1S/C12H13Cl2N3/c1-2-17-10(5-6-16-17)8-15-12-7-9(13)3-4-11(12)14/h3-7,15H,2,8H2,1H3. The first kappa shape index (κ1) is 12.3. The Labute approximate surface area is 110 Å². The molecule has 0 bridgehead atoms. The van der Waals surface area contributed by atoms with Crippen LogP contribution >= 0.6 is 23.2 Å². The Balaban J connectivity index is 2.09. The van der Waals surface area contributed by atoms with E-state index in [0.29, 0.717) is 16.6 Å². The van der Waals surface area contributed by atoms with E-state index in [1.54, 1.807) is 18.3 Å². The summed E-state index contributed by atoms with van der Waals surface area (Å²) in [6, 6.07) is 7.35. The Hall–Kier alpha value is -1.19. The molecule has 0 radical (unpaired) electrons. The third-order valence-electron chi connectivity index (χ3n) is 2.49. The minimum Gasteiger partial charge on any atom is -0.378 e. The first-order chi connectivity index (χ1) is 8.20. The molecule has 0 unspecified atom stereocenters. The number of benzene rings is 1. The van der Waals surface area contributed by atoms with Crippen LogP contribution in [0.1, 0.15) is 12.6 Å². The van der Waals surface area contributed by atoms with Gasteiger partial charge in [0.2, 0.25) is 0 Å². The number of anilines is 1. The second-order valence-corrected chi connectivity index (χ2v) is 4.46. The molecule has 2 rings (SSSR count). The molecule has 0 aliphatic rings. The van der Waals surface area contributed by atoms with Gasteiger partial charge in [0.15, 0.2) is 0 Å². The maximum atomic E-state index is 6.07. The van der Waals surface area contributed by atoms with Crippen molar-refractivity contribution in [1.29, 1.82) is 0 Å². The van der Waals surface area contributed by atoms with E-state index in [2.05, 4.69) is 17.3 Å². The average molecular weight is 270 g/mol. The van der Waals surface area contributed by atoms with Gasteiger partial charge in [-0.05, 0) is 31.2 Å². The van der Waals surface area contributed by atoms with Crippen LogP contribution in [-0.2, 0) is 13.1 Å². The highest BCUT2D eigenvalue weighted by atomic mass is 35.5. The largest absolute Gasteiger partial charge is 0.378 e. The van der Waals surface area contributed by atoms with Crippen molar-refractivity contribution in [1.82, 2.24) is 9.78 Å². The molecule has 1 aromatic carbocycles. The molecule has 1 aromatic heterocycles. The SMILES string of the molecule is CCn1nccc1CNc1cc(Cl)ccc1Cl. The normalized spacial score (nSPS) is 10.5. The predicted octanol–water partition coefficient (Wildman–Crippen LogP) is 3.82. The first-order valence-corrected chi connectivity index (χ1v) is 6.16. The van der Waals surface area contributed by atoms with E-state index in [-0.39, 0.29) is 0 Å². The third-order valence-corrected chi connectivity index (χ3v) is 3.06. The molecule has 0 amide bonds.